The molecule has 9 heteroatoms. The Kier molecular flexibility index (Phi) is 8.00. The number of fused-ring (bicyclic) bond motifs is 1. The third-order valence-corrected chi connectivity index (χ3v) is 6.72. The summed E-state index contributed by atoms with van der Waals surface area (Å²) in [6.07, 6.45) is 1.45. The van der Waals surface area contributed by atoms with E-state index >= 15 is 0 Å². The Labute approximate surface area is 208 Å². The molecule has 7 nitrogen and oxygen atoms in total. The van der Waals surface area contributed by atoms with Gasteiger partial charge in [0.05, 0.1) is 29.5 Å². The minimum absolute atomic E-state index is 0.00156. The highest BCUT2D eigenvalue weighted by Crippen LogP contribution is 2.40. The summed E-state index contributed by atoms with van der Waals surface area (Å²) < 4.78 is 24.4. The van der Waals surface area contributed by atoms with Crippen molar-refractivity contribution in [1.82, 2.24) is 9.88 Å². The molecule has 0 saturated carbocycles. The van der Waals surface area contributed by atoms with E-state index in [1.54, 1.807) is 12.1 Å². The number of para-hydroxylation sites is 1. The largest absolute Gasteiger partial charge is 0.490 e. The number of hydrogen-bond donors (Lipinski definition) is 0. The predicted octanol–water partition coefficient (Wildman–Crippen LogP) is 5.83. The third kappa shape index (κ3) is 5.33. The second-order valence-corrected chi connectivity index (χ2v) is 9.18. The quantitative estimate of drug-likeness (QED) is 0.365. The van der Waals surface area contributed by atoms with E-state index < -0.39 is 0 Å². The van der Waals surface area contributed by atoms with Crippen molar-refractivity contribution in [3.63, 3.8) is 0 Å². The fourth-order valence-corrected chi connectivity index (χ4v) is 5.14. The number of hydrogen-bond acceptors (Lipinski definition) is 7. The molecular formula is C25H29ClN2O5S. The highest BCUT2D eigenvalue weighted by molar-refractivity contribution is 7.20. The van der Waals surface area contributed by atoms with Crippen LogP contribution in [0.2, 0.25) is 5.02 Å². The van der Waals surface area contributed by atoms with Gasteiger partial charge in [-0.25, -0.2) is 4.98 Å². The monoisotopic (exact) mass is 504 g/mol. The first-order valence-corrected chi connectivity index (χ1v) is 12.8. The van der Waals surface area contributed by atoms with E-state index in [1.165, 1.54) is 11.3 Å². The first-order valence-electron chi connectivity index (χ1n) is 11.6. The van der Waals surface area contributed by atoms with Crippen LogP contribution in [0.1, 0.15) is 44.0 Å². The number of amides is 1. The van der Waals surface area contributed by atoms with Gasteiger partial charge < -0.3 is 23.8 Å². The maximum absolute atomic E-state index is 13.3. The summed E-state index contributed by atoms with van der Waals surface area (Å²) in [5.74, 6) is 1.51. The Hall–Kier alpha value is -2.71. The van der Waals surface area contributed by atoms with Crippen LogP contribution in [0.15, 0.2) is 30.3 Å². The standard InChI is InChI=1S/C25H29ClN2O5S/c1-4-30-19-14-16(15-20(31-5-2)23(19)32-6-3)24(29)28-12-10-17(11-13-28)33-25-27-22-18(26)8-7-9-21(22)34-25/h7-9,14-15,17H,4-6,10-13H2,1-3H3. The topological polar surface area (TPSA) is 70.1 Å². The zero-order chi connectivity index (χ0) is 24.1. The lowest BCUT2D eigenvalue weighted by atomic mass is 10.1. The summed E-state index contributed by atoms with van der Waals surface area (Å²) in [5.41, 5.74) is 1.29. The molecule has 1 fully saturated rings. The number of carbonyl (C=O) groups excluding carboxylic acids is 1. The second kappa shape index (κ2) is 11.1. The van der Waals surface area contributed by atoms with E-state index in [0.717, 1.165) is 23.1 Å². The highest BCUT2D eigenvalue weighted by atomic mass is 35.5. The van der Waals surface area contributed by atoms with Gasteiger partial charge >= 0.3 is 0 Å². The Morgan fingerprint density at radius 1 is 1.06 bits per heavy atom. The minimum atomic E-state index is -0.0600. The van der Waals surface area contributed by atoms with Gasteiger partial charge in [0, 0.05) is 31.5 Å². The molecule has 0 spiro atoms. The van der Waals surface area contributed by atoms with Crippen LogP contribution in [0, 0.1) is 0 Å². The molecule has 1 aliphatic heterocycles. The van der Waals surface area contributed by atoms with E-state index in [1.807, 2.05) is 43.9 Å². The van der Waals surface area contributed by atoms with Crippen molar-refractivity contribution in [2.45, 2.75) is 39.7 Å². The van der Waals surface area contributed by atoms with E-state index in [2.05, 4.69) is 4.98 Å². The molecule has 2 heterocycles. The van der Waals surface area contributed by atoms with Gasteiger partial charge in [0.15, 0.2) is 11.5 Å². The Bertz CT molecular complexity index is 1120. The molecular weight excluding hydrogens is 476 g/mol. The SMILES string of the molecule is CCOc1cc(C(=O)N2CCC(Oc3nc4c(Cl)cccc4s3)CC2)cc(OCC)c1OCC. The summed E-state index contributed by atoms with van der Waals surface area (Å²) in [7, 11) is 0. The number of likely N-dealkylation sites (tertiary alicyclic amines) is 1. The average molecular weight is 505 g/mol. The van der Waals surface area contributed by atoms with Crippen LogP contribution in [0.4, 0.5) is 0 Å². The molecule has 1 aliphatic rings. The van der Waals surface area contributed by atoms with Crippen LogP contribution < -0.4 is 18.9 Å². The summed E-state index contributed by atoms with van der Waals surface area (Å²) >= 11 is 7.72. The number of carbonyl (C=O) groups is 1. The van der Waals surface area contributed by atoms with Crippen LogP contribution in [-0.4, -0.2) is 54.8 Å². The normalized spacial score (nSPS) is 14.3. The number of ether oxygens (including phenoxy) is 4. The molecule has 1 aromatic heterocycles. The van der Waals surface area contributed by atoms with Crippen LogP contribution in [0.5, 0.6) is 22.4 Å². The smallest absolute Gasteiger partial charge is 0.274 e. The Morgan fingerprint density at radius 3 is 2.29 bits per heavy atom. The van der Waals surface area contributed by atoms with E-state index in [0.29, 0.717) is 65.9 Å². The molecule has 34 heavy (non-hydrogen) atoms. The van der Waals surface area contributed by atoms with Crippen molar-refractivity contribution in [3.05, 3.63) is 40.9 Å². The molecule has 0 N–H and O–H groups in total. The number of aromatic nitrogens is 1. The van der Waals surface area contributed by atoms with Crippen LogP contribution in [0.3, 0.4) is 0 Å². The minimum Gasteiger partial charge on any atom is -0.490 e. The van der Waals surface area contributed by atoms with Gasteiger partial charge in [-0.2, -0.15) is 0 Å². The van der Waals surface area contributed by atoms with Crippen molar-refractivity contribution >= 4 is 39.1 Å². The van der Waals surface area contributed by atoms with Crippen molar-refractivity contribution < 1.29 is 23.7 Å². The first-order chi connectivity index (χ1) is 16.5. The number of nitrogens with zero attached hydrogens (tertiary/aromatic N) is 2. The van der Waals surface area contributed by atoms with Crippen molar-refractivity contribution in [1.29, 1.82) is 0 Å². The average Bonchev–Trinajstić information content (AvgIpc) is 3.25. The molecule has 1 saturated heterocycles. The third-order valence-electron chi connectivity index (χ3n) is 5.50. The van der Waals surface area contributed by atoms with E-state index in [4.69, 9.17) is 30.5 Å². The van der Waals surface area contributed by atoms with E-state index in [9.17, 15) is 4.79 Å². The van der Waals surface area contributed by atoms with Gasteiger partial charge in [-0.1, -0.05) is 29.0 Å². The lowest BCUT2D eigenvalue weighted by Gasteiger charge is -2.32. The predicted molar refractivity (Wildman–Crippen MR) is 134 cm³/mol. The van der Waals surface area contributed by atoms with Gasteiger partial charge in [0.25, 0.3) is 11.1 Å². The number of halogens is 1. The maximum Gasteiger partial charge on any atom is 0.274 e. The van der Waals surface area contributed by atoms with Gasteiger partial charge in [-0.05, 0) is 45.0 Å². The molecule has 3 aromatic rings. The van der Waals surface area contributed by atoms with Crippen LogP contribution >= 0.6 is 22.9 Å². The molecule has 0 aliphatic carbocycles. The summed E-state index contributed by atoms with van der Waals surface area (Å²) in [6.45, 7) is 8.28. The summed E-state index contributed by atoms with van der Waals surface area (Å²) in [6, 6.07) is 9.20. The second-order valence-electron chi connectivity index (χ2n) is 7.78. The fourth-order valence-electron chi connectivity index (χ4n) is 3.96. The molecule has 0 unspecified atom stereocenters. The number of rotatable bonds is 9. The lowest BCUT2D eigenvalue weighted by Crippen LogP contribution is -2.41. The van der Waals surface area contributed by atoms with E-state index in [-0.39, 0.29) is 12.0 Å². The highest BCUT2D eigenvalue weighted by Gasteiger charge is 2.27. The number of thiazole rings is 1. The Morgan fingerprint density at radius 2 is 1.71 bits per heavy atom. The Balaban J connectivity index is 1.44. The molecule has 0 radical (unpaired) electrons. The van der Waals surface area contributed by atoms with Crippen LogP contribution in [0.25, 0.3) is 10.2 Å². The summed E-state index contributed by atoms with van der Waals surface area (Å²) in [4.78, 5) is 19.7. The van der Waals surface area contributed by atoms with Gasteiger partial charge in [0.2, 0.25) is 5.75 Å². The van der Waals surface area contributed by atoms with Crippen molar-refractivity contribution in [3.8, 4) is 22.4 Å². The fraction of sp³-hybridized carbons (Fsp3) is 0.440. The van der Waals surface area contributed by atoms with Crippen molar-refractivity contribution in [2.75, 3.05) is 32.9 Å². The molecule has 0 atom stereocenters. The molecule has 4 rings (SSSR count). The van der Waals surface area contributed by atoms with Crippen LogP contribution in [-0.2, 0) is 0 Å². The summed E-state index contributed by atoms with van der Waals surface area (Å²) in [5, 5.41) is 1.24. The molecule has 0 bridgehead atoms. The molecule has 182 valence electrons. The molecule has 1 amide bonds. The van der Waals surface area contributed by atoms with Crippen molar-refractivity contribution in [2.24, 2.45) is 0 Å². The zero-order valence-electron chi connectivity index (χ0n) is 19.6. The molecule has 2 aromatic carbocycles. The number of benzene rings is 2. The maximum atomic E-state index is 13.3. The first kappa shape index (κ1) is 24.4. The number of piperidine rings is 1. The van der Waals surface area contributed by atoms with Gasteiger partial charge in [-0.3, -0.25) is 4.79 Å². The zero-order valence-corrected chi connectivity index (χ0v) is 21.2. The van der Waals surface area contributed by atoms with Gasteiger partial charge in [0.1, 0.15) is 11.6 Å². The lowest BCUT2D eigenvalue weighted by molar-refractivity contribution is 0.0594. The van der Waals surface area contributed by atoms with Gasteiger partial charge in [-0.15, -0.1) is 0 Å².